The van der Waals surface area contributed by atoms with Crippen molar-refractivity contribution in [2.24, 2.45) is 5.92 Å². The van der Waals surface area contributed by atoms with Gasteiger partial charge < -0.3 is 5.11 Å². The summed E-state index contributed by atoms with van der Waals surface area (Å²) in [6.07, 6.45) is -0.752. The lowest BCUT2D eigenvalue weighted by Crippen LogP contribution is -2.29. The molecule has 4 nitrogen and oxygen atoms in total. The molecule has 3 rings (SSSR count). The van der Waals surface area contributed by atoms with E-state index in [9.17, 15) is 13.5 Å². The Balaban J connectivity index is 1.83. The second kappa shape index (κ2) is 6.51. The number of rotatable bonds is 4. The van der Waals surface area contributed by atoms with Crippen LogP contribution in [0.5, 0.6) is 0 Å². The first-order chi connectivity index (χ1) is 11.4. The molecule has 0 bridgehead atoms. The first kappa shape index (κ1) is 16.9. The molecule has 24 heavy (non-hydrogen) atoms. The van der Waals surface area contributed by atoms with Gasteiger partial charge in [-0.3, -0.25) is 0 Å². The quantitative estimate of drug-likeness (QED) is 0.928. The molecule has 0 amide bonds. The van der Waals surface area contributed by atoms with Crippen LogP contribution in [-0.4, -0.2) is 37.0 Å². The average Bonchev–Trinajstić information content (AvgIpc) is 2.98. The monoisotopic (exact) mass is 343 g/mol. The smallest absolute Gasteiger partial charge is 0.243 e. The zero-order chi connectivity index (χ0) is 17.3. The maximum atomic E-state index is 12.8. The van der Waals surface area contributed by atoms with E-state index in [4.69, 9.17) is 0 Å². The zero-order valence-corrected chi connectivity index (χ0v) is 14.4. The molecular weight excluding hydrogens is 322 g/mol. The highest BCUT2D eigenvalue weighted by Gasteiger charge is 2.39. The van der Waals surface area contributed by atoms with Gasteiger partial charge in [-0.2, -0.15) is 4.31 Å². The van der Waals surface area contributed by atoms with Crippen molar-refractivity contribution in [3.8, 4) is 0 Å². The van der Waals surface area contributed by atoms with Crippen molar-refractivity contribution >= 4 is 15.6 Å². The number of β-amino-alcohol motifs (C(OH)–C–C–N with tert-alkyl or cyclic N) is 1. The lowest BCUT2D eigenvalue weighted by atomic mass is 9.92. The minimum atomic E-state index is -3.60. The number of aliphatic hydroxyl groups is 1. The molecule has 2 atom stereocenters. The van der Waals surface area contributed by atoms with Gasteiger partial charge in [0, 0.05) is 19.0 Å². The summed E-state index contributed by atoms with van der Waals surface area (Å²) in [6.45, 7) is 6.32. The number of aryl methyl sites for hydroxylation is 1. The van der Waals surface area contributed by atoms with Crippen molar-refractivity contribution in [3.63, 3.8) is 0 Å². The van der Waals surface area contributed by atoms with Crippen LogP contribution in [-0.2, 0) is 10.0 Å². The van der Waals surface area contributed by atoms with Gasteiger partial charge in [-0.25, -0.2) is 8.42 Å². The van der Waals surface area contributed by atoms with E-state index >= 15 is 0 Å². The van der Waals surface area contributed by atoms with Crippen molar-refractivity contribution in [1.29, 1.82) is 0 Å². The van der Waals surface area contributed by atoms with Crippen LogP contribution in [0.25, 0.3) is 5.57 Å². The van der Waals surface area contributed by atoms with Crippen molar-refractivity contribution in [2.45, 2.75) is 17.9 Å². The summed E-state index contributed by atoms with van der Waals surface area (Å²) < 4.78 is 26.9. The molecule has 1 aliphatic heterocycles. The third-order valence-corrected chi connectivity index (χ3v) is 6.35. The Morgan fingerprint density at radius 2 is 1.71 bits per heavy atom. The Kier molecular flexibility index (Phi) is 4.58. The summed E-state index contributed by atoms with van der Waals surface area (Å²) >= 11 is 0. The van der Waals surface area contributed by atoms with E-state index in [1.165, 1.54) is 4.31 Å². The van der Waals surface area contributed by atoms with Crippen LogP contribution >= 0.6 is 0 Å². The number of benzene rings is 2. The van der Waals surface area contributed by atoms with E-state index in [2.05, 4.69) is 6.58 Å². The molecule has 1 fully saturated rings. The van der Waals surface area contributed by atoms with Crippen LogP contribution in [0.4, 0.5) is 0 Å². The third kappa shape index (κ3) is 3.15. The second-order valence-electron chi connectivity index (χ2n) is 6.20. The Hall–Kier alpha value is -1.95. The predicted octanol–water partition coefficient (Wildman–Crippen LogP) is 2.69. The van der Waals surface area contributed by atoms with Crippen molar-refractivity contribution in [2.75, 3.05) is 13.1 Å². The Labute approximate surface area is 143 Å². The van der Waals surface area contributed by atoms with E-state index in [1.54, 1.807) is 24.3 Å². The molecule has 2 aromatic rings. The fourth-order valence-electron chi connectivity index (χ4n) is 3.02. The maximum absolute atomic E-state index is 12.8. The Morgan fingerprint density at radius 1 is 1.08 bits per heavy atom. The highest BCUT2D eigenvalue weighted by Crippen LogP contribution is 2.33. The van der Waals surface area contributed by atoms with E-state index in [1.807, 2.05) is 37.3 Å². The molecule has 1 aliphatic rings. The van der Waals surface area contributed by atoms with E-state index in [0.29, 0.717) is 0 Å². The molecular formula is C19H21NO3S. The van der Waals surface area contributed by atoms with Gasteiger partial charge in [0.15, 0.2) is 0 Å². The molecule has 0 unspecified atom stereocenters. The van der Waals surface area contributed by atoms with Gasteiger partial charge >= 0.3 is 0 Å². The summed E-state index contributed by atoms with van der Waals surface area (Å²) in [5, 5.41) is 10.4. The predicted molar refractivity (Wildman–Crippen MR) is 94.9 cm³/mol. The number of sulfonamides is 1. The molecule has 1 saturated heterocycles. The summed E-state index contributed by atoms with van der Waals surface area (Å²) in [5.74, 6) is -0.298. The van der Waals surface area contributed by atoms with Gasteiger partial charge in [-0.1, -0.05) is 54.6 Å². The maximum Gasteiger partial charge on any atom is 0.243 e. The summed E-state index contributed by atoms with van der Waals surface area (Å²) in [6, 6.07) is 16.3. The van der Waals surface area contributed by atoms with Crippen LogP contribution in [0.15, 0.2) is 66.1 Å². The summed E-state index contributed by atoms with van der Waals surface area (Å²) in [5.41, 5.74) is 2.70. The largest absolute Gasteiger partial charge is 0.391 e. The molecule has 2 aromatic carbocycles. The van der Waals surface area contributed by atoms with Crippen LogP contribution < -0.4 is 0 Å². The number of aliphatic hydroxyl groups excluding tert-OH is 1. The van der Waals surface area contributed by atoms with E-state index in [0.717, 1.165) is 16.7 Å². The Bertz CT molecular complexity index is 829. The normalized spacial score (nSPS) is 21.8. The standard InChI is InChI=1S/C19H21NO3S/c1-14-8-10-17(11-9-14)24(22,23)20-12-18(19(21)13-20)15(2)16-6-4-3-5-7-16/h3-11,18-19,21H,2,12-13H2,1H3/t18-,19-/m0/s1. The fraction of sp³-hybridized carbons (Fsp3) is 0.263. The van der Waals surface area contributed by atoms with Crippen LogP contribution in [0, 0.1) is 12.8 Å². The van der Waals surface area contributed by atoms with Gasteiger partial charge in [-0.15, -0.1) is 0 Å². The number of hydrogen-bond acceptors (Lipinski definition) is 3. The van der Waals surface area contributed by atoms with Crippen LogP contribution in [0.1, 0.15) is 11.1 Å². The van der Waals surface area contributed by atoms with Crippen molar-refractivity contribution in [1.82, 2.24) is 4.31 Å². The average molecular weight is 343 g/mol. The van der Waals surface area contributed by atoms with E-state index < -0.39 is 16.1 Å². The molecule has 0 aliphatic carbocycles. The van der Waals surface area contributed by atoms with Crippen LogP contribution in [0.2, 0.25) is 0 Å². The van der Waals surface area contributed by atoms with Gasteiger partial charge in [0.05, 0.1) is 11.0 Å². The molecule has 5 heteroatoms. The summed E-state index contributed by atoms with van der Waals surface area (Å²) in [7, 11) is -3.60. The molecule has 0 aromatic heterocycles. The number of hydrogen-bond donors (Lipinski definition) is 1. The molecule has 1 N–H and O–H groups in total. The lowest BCUT2D eigenvalue weighted by Gasteiger charge is -2.18. The minimum absolute atomic E-state index is 0.0900. The van der Waals surface area contributed by atoms with E-state index in [-0.39, 0.29) is 23.9 Å². The van der Waals surface area contributed by atoms with Gasteiger partial charge in [0.2, 0.25) is 10.0 Å². The topological polar surface area (TPSA) is 57.6 Å². The van der Waals surface area contributed by atoms with Crippen LogP contribution in [0.3, 0.4) is 0 Å². The third-order valence-electron chi connectivity index (χ3n) is 4.51. The number of nitrogens with zero attached hydrogens (tertiary/aromatic N) is 1. The highest BCUT2D eigenvalue weighted by molar-refractivity contribution is 7.89. The van der Waals surface area contributed by atoms with Crippen molar-refractivity contribution in [3.05, 3.63) is 72.3 Å². The van der Waals surface area contributed by atoms with Gasteiger partial charge in [-0.05, 0) is 30.2 Å². The highest BCUT2D eigenvalue weighted by atomic mass is 32.2. The first-order valence-corrected chi connectivity index (χ1v) is 9.32. The molecule has 0 radical (unpaired) electrons. The minimum Gasteiger partial charge on any atom is -0.391 e. The first-order valence-electron chi connectivity index (χ1n) is 7.88. The molecule has 126 valence electrons. The van der Waals surface area contributed by atoms with Gasteiger partial charge in [0.25, 0.3) is 0 Å². The molecule has 0 saturated carbocycles. The molecule has 1 heterocycles. The van der Waals surface area contributed by atoms with Gasteiger partial charge in [0.1, 0.15) is 0 Å². The Morgan fingerprint density at radius 3 is 2.33 bits per heavy atom. The summed E-state index contributed by atoms with van der Waals surface area (Å²) in [4.78, 5) is 0.256. The zero-order valence-electron chi connectivity index (χ0n) is 13.6. The second-order valence-corrected chi connectivity index (χ2v) is 8.14. The SMILES string of the molecule is C=C(c1ccccc1)[C@@H]1CN(S(=O)(=O)c2ccc(C)cc2)C[C@@H]1O. The van der Waals surface area contributed by atoms with Crippen molar-refractivity contribution < 1.29 is 13.5 Å². The molecule has 0 spiro atoms. The lowest BCUT2D eigenvalue weighted by molar-refractivity contribution is 0.167. The fourth-order valence-corrected chi connectivity index (χ4v) is 4.50.